The van der Waals surface area contributed by atoms with Gasteiger partial charge < -0.3 is 10.4 Å². The quantitative estimate of drug-likeness (QED) is 0.808. The number of nitrogens with one attached hydrogen (secondary N) is 1. The number of carbonyl (C=O) groups excluding carboxylic acids is 1. The molecule has 1 aliphatic carbocycles. The van der Waals surface area contributed by atoms with Crippen LogP contribution in [0.4, 0.5) is 5.69 Å². The standard InChI is InChI=1S/C16H22N2O3/c19-15(17-13-6-2-1-3-7-13)10-11-18(12-16(20)21)14-8-4-5-9-14/h1-3,6-7,14H,4-5,8-12H2,(H,17,19)(H,20,21). The van der Waals surface area contributed by atoms with Crippen LogP contribution in [0.5, 0.6) is 0 Å². The first-order valence-electron chi connectivity index (χ1n) is 7.46. The zero-order valence-corrected chi connectivity index (χ0v) is 12.1. The highest BCUT2D eigenvalue weighted by atomic mass is 16.4. The van der Waals surface area contributed by atoms with Crippen molar-refractivity contribution in [2.75, 3.05) is 18.4 Å². The molecule has 0 unspecified atom stereocenters. The van der Waals surface area contributed by atoms with Gasteiger partial charge in [0.1, 0.15) is 0 Å². The summed E-state index contributed by atoms with van der Waals surface area (Å²) in [6.45, 7) is 0.513. The first kappa shape index (κ1) is 15.5. The Balaban J connectivity index is 1.82. The van der Waals surface area contributed by atoms with Gasteiger partial charge in [-0.2, -0.15) is 0 Å². The lowest BCUT2D eigenvalue weighted by atomic mass is 10.2. The third-order valence-corrected chi connectivity index (χ3v) is 3.86. The van der Waals surface area contributed by atoms with Gasteiger partial charge in [0.25, 0.3) is 0 Å². The molecule has 5 heteroatoms. The zero-order chi connectivity index (χ0) is 15.1. The molecule has 1 amide bonds. The average Bonchev–Trinajstić information content (AvgIpc) is 2.98. The molecule has 1 aliphatic rings. The van der Waals surface area contributed by atoms with Gasteiger partial charge in [-0.25, -0.2) is 0 Å². The van der Waals surface area contributed by atoms with E-state index in [1.54, 1.807) is 0 Å². The molecule has 21 heavy (non-hydrogen) atoms. The lowest BCUT2D eigenvalue weighted by Crippen LogP contribution is -2.39. The minimum Gasteiger partial charge on any atom is -0.480 e. The van der Waals surface area contributed by atoms with Crippen molar-refractivity contribution in [2.45, 2.75) is 38.1 Å². The summed E-state index contributed by atoms with van der Waals surface area (Å²) >= 11 is 0. The van der Waals surface area contributed by atoms with Crippen LogP contribution >= 0.6 is 0 Å². The molecule has 1 fully saturated rings. The SMILES string of the molecule is O=C(O)CN(CCC(=O)Nc1ccccc1)C1CCCC1. The summed E-state index contributed by atoms with van der Waals surface area (Å²) < 4.78 is 0. The second kappa shape index (κ2) is 7.78. The van der Waals surface area contributed by atoms with Gasteiger partial charge in [0.2, 0.25) is 5.91 Å². The van der Waals surface area contributed by atoms with Crippen molar-refractivity contribution in [1.29, 1.82) is 0 Å². The maximum absolute atomic E-state index is 11.9. The predicted octanol–water partition coefficient (Wildman–Crippen LogP) is 2.34. The third-order valence-electron chi connectivity index (χ3n) is 3.86. The number of benzene rings is 1. The summed E-state index contributed by atoms with van der Waals surface area (Å²) in [6.07, 6.45) is 4.69. The number of para-hydroxylation sites is 1. The molecule has 0 heterocycles. The predicted molar refractivity (Wildman–Crippen MR) is 81.2 cm³/mol. The molecule has 1 aromatic carbocycles. The monoisotopic (exact) mass is 290 g/mol. The minimum absolute atomic E-state index is 0.0171. The van der Waals surface area contributed by atoms with Crippen LogP contribution in [-0.2, 0) is 9.59 Å². The molecule has 0 saturated heterocycles. The van der Waals surface area contributed by atoms with Crippen LogP contribution in [0.2, 0.25) is 0 Å². The second-order valence-corrected chi connectivity index (χ2v) is 5.47. The first-order chi connectivity index (χ1) is 10.1. The zero-order valence-electron chi connectivity index (χ0n) is 12.1. The van der Waals surface area contributed by atoms with Crippen molar-refractivity contribution in [3.63, 3.8) is 0 Å². The maximum atomic E-state index is 11.9. The Labute approximate surface area is 125 Å². The summed E-state index contributed by atoms with van der Waals surface area (Å²) in [5.74, 6) is -0.903. The first-order valence-corrected chi connectivity index (χ1v) is 7.46. The molecule has 0 bridgehead atoms. The van der Waals surface area contributed by atoms with Gasteiger partial charge in [-0.1, -0.05) is 31.0 Å². The molecule has 0 radical (unpaired) electrons. The fraction of sp³-hybridized carbons (Fsp3) is 0.500. The van der Waals surface area contributed by atoms with E-state index >= 15 is 0 Å². The molecule has 5 nitrogen and oxygen atoms in total. The maximum Gasteiger partial charge on any atom is 0.317 e. The van der Waals surface area contributed by atoms with Crippen molar-refractivity contribution >= 4 is 17.6 Å². The topological polar surface area (TPSA) is 69.6 Å². The Morgan fingerprint density at radius 3 is 2.48 bits per heavy atom. The molecule has 1 saturated carbocycles. The summed E-state index contributed by atoms with van der Waals surface area (Å²) in [6, 6.07) is 9.61. The minimum atomic E-state index is -0.828. The highest BCUT2D eigenvalue weighted by molar-refractivity contribution is 5.90. The van der Waals surface area contributed by atoms with Crippen molar-refractivity contribution in [3.05, 3.63) is 30.3 Å². The number of aliphatic carboxylic acids is 1. The normalized spacial score (nSPS) is 15.3. The molecule has 0 spiro atoms. The highest BCUT2D eigenvalue weighted by Crippen LogP contribution is 2.23. The number of hydrogen-bond donors (Lipinski definition) is 2. The third kappa shape index (κ3) is 5.19. The van der Waals surface area contributed by atoms with E-state index in [1.165, 1.54) is 0 Å². The number of carbonyl (C=O) groups is 2. The number of anilines is 1. The van der Waals surface area contributed by atoms with Crippen molar-refractivity contribution < 1.29 is 14.7 Å². The van der Waals surface area contributed by atoms with Crippen LogP contribution in [0.25, 0.3) is 0 Å². The van der Waals surface area contributed by atoms with E-state index in [9.17, 15) is 9.59 Å². The van der Waals surface area contributed by atoms with E-state index in [4.69, 9.17) is 5.11 Å². The molecule has 0 aliphatic heterocycles. The van der Waals surface area contributed by atoms with Crippen molar-refractivity contribution in [3.8, 4) is 0 Å². The number of carboxylic acids is 1. The average molecular weight is 290 g/mol. The molecule has 0 aromatic heterocycles. The fourth-order valence-electron chi connectivity index (χ4n) is 2.82. The van der Waals surface area contributed by atoms with Gasteiger partial charge in [-0.05, 0) is 25.0 Å². The smallest absolute Gasteiger partial charge is 0.317 e. The van der Waals surface area contributed by atoms with Crippen LogP contribution < -0.4 is 5.32 Å². The van der Waals surface area contributed by atoms with Crippen LogP contribution in [0.3, 0.4) is 0 Å². The molecule has 2 rings (SSSR count). The van der Waals surface area contributed by atoms with Crippen molar-refractivity contribution in [1.82, 2.24) is 4.90 Å². The molecule has 2 N–H and O–H groups in total. The van der Waals surface area contributed by atoms with E-state index in [0.29, 0.717) is 19.0 Å². The molecular formula is C16H22N2O3. The Kier molecular flexibility index (Phi) is 5.75. The van der Waals surface area contributed by atoms with E-state index in [0.717, 1.165) is 31.4 Å². The second-order valence-electron chi connectivity index (χ2n) is 5.47. The number of carboxylic acid groups (broad SMARTS) is 1. The number of hydrogen-bond acceptors (Lipinski definition) is 3. The van der Waals surface area contributed by atoms with Crippen LogP contribution in [0.1, 0.15) is 32.1 Å². The van der Waals surface area contributed by atoms with Gasteiger partial charge in [-0.15, -0.1) is 0 Å². The molecule has 114 valence electrons. The van der Waals surface area contributed by atoms with Gasteiger partial charge in [-0.3, -0.25) is 14.5 Å². The van der Waals surface area contributed by atoms with Crippen LogP contribution in [-0.4, -0.2) is 41.0 Å². The van der Waals surface area contributed by atoms with Crippen LogP contribution in [0, 0.1) is 0 Å². The fourth-order valence-corrected chi connectivity index (χ4v) is 2.82. The van der Waals surface area contributed by atoms with E-state index in [2.05, 4.69) is 5.32 Å². The van der Waals surface area contributed by atoms with E-state index in [-0.39, 0.29) is 12.5 Å². The van der Waals surface area contributed by atoms with Gasteiger partial charge in [0.15, 0.2) is 0 Å². The molecule has 0 atom stereocenters. The number of rotatable bonds is 7. The Morgan fingerprint density at radius 2 is 1.86 bits per heavy atom. The lowest BCUT2D eigenvalue weighted by Gasteiger charge is -2.26. The molecular weight excluding hydrogens is 268 g/mol. The Hall–Kier alpha value is -1.88. The van der Waals surface area contributed by atoms with Crippen LogP contribution in [0.15, 0.2) is 30.3 Å². The Bertz CT molecular complexity index is 470. The summed E-state index contributed by atoms with van der Waals surface area (Å²) in [7, 11) is 0. The van der Waals surface area contributed by atoms with Gasteiger partial charge >= 0.3 is 5.97 Å². The summed E-state index contributed by atoms with van der Waals surface area (Å²) in [4.78, 5) is 24.8. The molecule has 1 aromatic rings. The van der Waals surface area contributed by atoms with Gasteiger partial charge in [0.05, 0.1) is 6.54 Å². The summed E-state index contributed by atoms with van der Waals surface area (Å²) in [5.41, 5.74) is 0.771. The highest BCUT2D eigenvalue weighted by Gasteiger charge is 2.24. The number of amides is 1. The van der Waals surface area contributed by atoms with Gasteiger partial charge in [0, 0.05) is 24.7 Å². The van der Waals surface area contributed by atoms with Crippen molar-refractivity contribution in [2.24, 2.45) is 0 Å². The summed E-state index contributed by atoms with van der Waals surface area (Å²) in [5, 5.41) is 11.8. The largest absolute Gasteiger partial charge is 0.480 e. The Morgan fingerprint density at radius 1 is 1.19 bits per heavy atom. The van der Waals surface area contributed by atoms with E-state index < -0.39 is 5.97 Å². The number of nitrogens with zero attached hydrogens (tertiary/aromatic N) is 1. The van der Waals surface area contributed by atoms with E-state index in [1.807, 2.05) is 35.2 Å². The lowest BCUT2D eigenvalue weighted by molar-refractivity contribution is -0.139.